The maximum absolute atomic E-state index is 13.2. The number of aromatic hydroxyl groups is 1. The van der Waals surface area contributed by atoms with Gasteiger partial charge in [0.1, 0.15) is 30.0 Å². The van der Waals surface area contributed by atoms with Gasteiger partial charge in [0.25, 0.3) is 0 Å². The molecule has 0 spiro atoms. The van der Waals surface area contributed by atoms with E-state index < -0.39 is 11.7 Å². The number of piperidine rings is 1. The van der Waals surface area contributed by atoms with Crippen LogP contribution in [-0.4, -0.2) is 46.0 Å². The summed E-state index contributed by atoms with van der Waals surface area (Å²) in [6.07, 6.45) is 0.289. The molecule has 0 bridgehead atoms. The summed E-state index contributed by atoms with van der Waals surface area (Å²) < 4.78 is 18.9. The Morgan fingerprint density at radius 3 is 2.48 bits per heavy atom. The van der Waals surface area contributed by atoms with Crippen molar-refractivity contribution >= 4 is 0 Å². The second-order valence-electron chi connectivity index (χ2n) is 7.57. The monoisotopic (exact) mass is 373 g/mol. The Bertz CT molecular complexity index is 831. The molecule has 1 fully saturated rings. The summed E-state index contributed by atoms with van der Waals surface area (Å²) in [5, 5.41) is 31.7. The van der Waals surface area contributed by atoms with Gasteiger partial charge in [0, 0.05) is 24.7 Å². The largest absolute Gasteiger partial charge is 0.508 e. The topological polar surface area (TPSA) is 73.2 Å². The fourth-order valence-electron chi connectivity index (χ4n) is 4.11. The summed E-state index contributed by atoms with van der Waals surface area (Å²) in [6, 6.07) is 9.11. The van der Waals surface area contributed by atoms with Gasteiger partial charge in [0.2, 0.25) is 0 Å². The number of likely N-dealkylation sites (tertiary alicyclic amines) is 1. The fourth-order valence-corrected chi connectivity index (χ4v) is 4.11. The van der Waals surface area contributed by atoms with Crippen molar-refractivity contribution in [3.05, 3.63) is 58.9 Å². The number of phenolic OH excluding ortho intramolecular Hbond substituents is 1. The molecular weight excluding hydrogens is 349 g/mol. The molecule has 0 aliphatic carbocycles. The molecule has 144 valence electrons. The zero-order valence-corrected chi connectivity index (χ0v) is 15.2. The quantitative estimate of drug-likeness (QED) is 0.755. The van der Waals surface area contributed by atoms with Crippen LogP contribution in [0.5, 0.6) is 11.5 Å². The van der Waals surface area contributed by atoms with Crippen LogP contribution in [-0.2, 0) is 5.60 Å². The number of benzene rings is 2. The molecule has 27 heavy (non-hydrogen) atoms. The molecule has 0 aromatic heterocycles. The smallest absolute Gasteiger partial charge is 0.128 e. The Morgan fingerprint density at radius 2 is 1.81 bits per heavy atom. The van der Waals surface area contributed by atoms with E-state index in [4.69, 9.17) is 4.74 Å². The van der Waals surface area contributed by atoms with Crippen LogP contribution in [0.1, 0.15) is 35.6 Å². The molecule has 2 atom stereocenters. The molecule has 0 radical (unpaired) electrons. The summed E-state index contributed by atoms with van der Waals surface area (Å²) in [5.41, 5.74) is 1.12. The predicted octanol–water partition coefficient (Wildman–Crippen LogP) is 2.62. The Morgan fingerprint density at radius 1 is 1.15 bits per heavy atom. The molecule has 4 rings (SSSR count). The van der Waals surface area contributed by atoms with Gasteiger partial charge < -0.3 is 20.1 Å². The van der Waals surface area contributed by atoms with Crippen LogP contribution in [0, 0.1) is 12.7 Å². The van der Waals surface area contributed by atoms with E-state index in [2.05, 4.69) is 4.90 Å². The van der Waals surface area contributed by atoms with E-state index in [1.807, 2.05) is 0 Å². The van der Waals surface area contributed by atoms with Crippen molar-refractivity contribution in [2.45, 2.75) is 37.5 Å². The van der Waals surface area contributed by atoms with Crippen LogP contribution in [0.15, 0.2) is 36.4 Å². The molecule has 5 nitrogen and oxygen atoms in total. The van der Waals surface area contributed by atoms with Crippen molar-refractivity contribution in [1.82, 2.24) is 4.90 Å². The van der Waals surface area contributed by atoms with E-state index in [-0.39, 0.29) is 17.6 Å². The summed E-state index contributed by atoms with van der Waals surface area (Å²) in [4.78, 5) is 2.13. The molecule has 2 aliphatic rings. The highest BCUT2D eigenvalue weighted by Gasteiger charge is 2.40. The lowest BCUT2D eigenvalue weighted by Crippen LogP contribution is -2.52. The van der Waals surface area contributed by atoms with Gasteiger partial charge in [-0.25, -0.2) is 4.39 Å². The fraction of sp³-hybridized carbons (Fsp3) is 0.429. The van der Waals surface area contributed by atoms with Crippen molar-refractivity contribution in [1.29, 1.82) is 0 Å². The van der Waals surface area contributed by atoms with Crippen molar-refractivity contribution in [2.24, 2.45) is 0 Å². The molecule has 2 aliphatic heterocycles. The highest BCUT2D eigenvalue weighted by Crippen LogP contribution is 2.40. The molecule has 1 saturated heterocycles. The Labute approximate surface area is 157 Å². The number of phenols is 1. The average Bonchev–Trinajstić information content (AvgIpc) is 2.65. The summed E-state index contributed by atoms with van der Waals surface area (Å²) >= 11 is 0. The first-order valence-electron chi connectivity index (χ1n) is 9.24. The number of aryl methyl sites for hydroxylation is 1. The molecule has 2 heterocycles. The SMILES string of the molecule is Cc1cc2c(cc1O)OC[C@@H](N1CCC(O)(c3ccc(F)cc3)CC1)[C@H]2O. The molecule has 6 heteroatoms. The van der Waals surface area contributed by atoms with E-state index in [1.54, 1.807) is 31.2 Å². The van der Waals surface area contributed by atoms with E-state index in [0.29, 0.717) is 49.4 Å². The van der Waals surface area contributed by atoms with Crippen molar-refractivity contribution < 1.29 is 24.4 Å². The van der Waals surface area contributed by atoms with Crippen molar-refractivity contribution in [2.75, 3.05) is 19.7 Å². The van der Waals surface area contributed by atoms with Gasteiger partial charge in [-0.3, -0.25) is 4.90 Å². The second kappa shape index (κ2) is 6.78. The van der Waals surface area contributed by atoms with E-state index in [0.717, 1.165) is 5.56 Å². The van der Waals surface area contributed by atoms with Crippen LogP contribution < -0.4 is 4.74 Å². The van der Waals surface area contributed by atoms with Crippen LogP contribution in [0.3, 0.4) is 0 Å². The third-order valence-corrected chi connectivity index (χ3v) is 5.90. The minimum atomic E-state index is -0.981. The lowest BCUT2D eigenvalue weighted by molar-refractivity contribution is -0.0665. The Hall–Kier alpha value is -2.15. The van der Waals surface area contributed by atoms with E-state index >= 15 is 0 Å². The number of nitrogens with zero attached hydrogens (tertiary/aromatic N) is 1. The van der Waals surface area contributed by atoms with Crippen LogP contribution in [0.25, 0.3) is 0 Å². The number of halogens is 1. The lowest BCUT2D eigenvalue weighted by atomic mass is 9.83. The van der Waals surface area contributed by atoms with Gasteiger partial charge in [-0.1, -0.05) is 12.1 Å². The summed E-state index contributed by atoms with van der Waals surface area (Å²) in [6.45, 7) is 3.32. The van der Waals surface area contributed by atoms with Gasteiger partial charge in [0.15, 0.2) is 0 Å². The first-order chi connectivity index (χ1) is 12.9. The molecule has 0 saturated carbocycles. The first kappa shape index (κ1) is 18.2. The zero-order valence-electron chi connectivity index (χ0n) is 15.2. The number of aliphatic hydroxyl groups is 2. The maximum atomic E-state index is 13.2. The average molecular weight is 373 g/mol. The molecule has 2 aromatic rings. The first-order valence-corrected chi connectivity index (χ1v) is 9.24. The van der Waals surface area contributed by atoms with Crippen molar-refractivity contribution in [3.8, 4) is 11.5 Å². The molecule has 0 unspecified atom stereocenters. The van der Waals surface area contributed by atoms with Crippen LogP contribution >= 0.6 is 0 Å². The molecule has 2 aromatic carbocycles. The molecular formula is C21H24FNO4. The summed E-state index contributed by atoms with van der Waals surface area (Å²) in [7, 11) is 0. The number of fused-ring (bicyclic) bond motifs is 1. The van der Waals surface area contributed by atoms with Gasteiger partial charge in [-0.05, 0) is 49.1 Å². The predicted molar refractivity (Wildman–Crippen MR) is 98.2 cm³/mol. The Kier molecular flexibility index (Phi) is 4.58. The molecule has 3 N–H and O–H groups in total. The van der Waals surface area contributed by atoms with Gasteiger partial charge >= 0.3 is 0 Å². The normalized spacial score (nSPS) is 24.9. The third kappa shape index (κ3) is 3.29. The number of hydrogen-bond donors (Lipinski definition) is 3. The van der Waals surface area contributed by atoms with Crippen LogP contribution in [0.2, 0.25) is 0 Å². The number of rotatable bonds is 2. The maximum Gasteiger partial charge on any atom is 0.128 e. The van der Waals surface area contributed by atoms with Gasteiger partial charge in [-0.2, -0.15) is 0 Å². The highest BCUT2D eigenvalue weighted by molar-refractivity contribution is 5.47. The Balaban J connectivity index is 1.48. The number of hydrogen-bond acceptors (Lipinski definition) is 5. The summed E-state index contributed by atoms with van der Waals surface area (Å²) in [5.74, 6) is 0.352. The van der Waals surface area contributed by atoms with Gasteiger partial charge in [-0.15, -0.1) is 0 Å². The number of aliphatic hydroxyl groups excluding tert-OH is 1. The minimum Gasteiger partial charge on any atom is -0.508 e. The second-order valence-corrected chi connectivity index (χ2v) is 7.57. The van der Waals surface area contributed by atoms with Gasteiger partial charge in [0.05, 0.1) is 11.6 Å². The van der Waals surface area contributed by atoms with Crippen molar-refractivity contribution in [3.63, 3.8) is 0 Å². The number of ether oxygens (including phenoxy) is 1. The van der Waals surface area contributed by atoms with E-state index in [9.17, 15) is 19.7 Å². The zero-order chi connectivity index (χ0) is 19.2. The third-order valence-electron chi connectivity index (χ3n) is 5.90. The lowest BCUT2D eigenvalue weighted by Gasteiger charge is -2.44. The van der Waals surface area contributed by atoms with E-state index in [1.165, 1.54) is 12.1 Å². The minimum absolute atomic E-state index is 0.154. The van der Waals surface area contributed by atoms with Crippen LogP contribution in [0.4, 0.5) is 4.39 Å². The molecule has 0 amide bonds. The highest BCUT2D eigenvalue weighted by atomic mass is 19.1. The standard InChI is InChI=1S/C21H24FNO4/c1-13-10-16-19(11-18(13)24)27-12-17(20(16)25)23-8-6-21(26,7-9-23)14-2-4-15(22)5-3-14/h2-5,10-11,17,20,24-26H,6-9,12H2,1H3/t17-,20+/m1/s1.